The van der Waals surface area contributed by atoms with Gasteiger partial charge in [-0.1, -0.05) is 12.1 Å². The zero-order valence-corrected chi connectivity index (χ0v) is 10.9. The van der Waals surface area contributed by atoms with Crippen LogP contribution in [-0.2, 0) is 13.6 Å². The van der Waals surface area contributed by atoms with E-state index in [-0.39, 0.29) is 11.9 Å². The molecule has 96 valence electrons. The summed E-state index contributed by atoms with van der Waals surface area (Å²) in [4.78, 5) is 0. The third-order valence-corrected chi connectivity index (χ3v) is 3.06. The van der Waals surface area contributed by atoms with Crippen molar-refractivity contribution in [2.45, 2.75) is 26.4 Å². The minimum atomic E-state index is -0.196. The van der Waals surface area contributed by atoms with Gasteiger partial charge in [0.1, 0.15) is 5.82 Å². The first-order chi connectivity index (χ1) is 8.56. The molecular formula is C14H18FN3. The maximum Gasteiger partial charge on any atom is 0.123 e. The van der Waals surface area contributed by atoms with Gasteiger partial charge in [-0.25, -0.2) is 4.39 Å². The molecule has 0 unspecified atom stereocenters. The first-order valence-electron chi connectivity index (χ1n) is 6.04. The molecule has 2 rings (SSSR count). The lowest BCUT2D eigenvalue weighted by atomic mass is 10.1. The molecule has 1 heterocycles. The van der Waals surface area contributed by atoms with Crippen LogP contribution in [0.4, 0.5) is 4.39 Å². The SMILES string of the molecule is Cc1nn(C)cc1CN[C@@H](C)c1cccc(F)c1. The lowest BCUT2D eigenvalue weighted by molar-refractivity contribution is 0.564. The Morgan fingerprint density at radius 3 is 2.83 bits per heavy atom. The first-order valence-corrected chi connectivity index (χ1v) is 6.04. The number of aryl methyl sites for hydroxylation is 2. The average molecular weight is 247 g/mol. The van der Waals surface area contributed by atoms with Crippen LogP contribution in [0.2, 0.25) is 0 Å². The number of halogens is 1. The Morgan fingerprint density at radius 2 is 2.22 bits per heavy atom. The minimum absolute atomic E-state index is 0.111. The van der Waals surface area contributed by atoms with Crippen LogP contribution < -0.4 is 5.32 Å². The van der Waals surface area contributed by atoms with Crippen LogP contribution in [0, 0.1) is 12.7 Å². The van der Waals surface area contributed by atoms with Crippen LogP contribution in [0.5, 0.6) is 0 Å². The number of nitrogens with zero attached hydrogens (tertiary/aromatic N) is 2. The summed E-state index contributed by atoms with van der Waals surface area (Å²) in [5, 5.41) is 7.67. The fourth-order valence-corrected chi connectivity index (χ4v) is 1.98. The second kappa shape index (κ2) is 5.31. The van der Waals surface area contributed by atoms with E-state index in [1.54, 1.807) is 16.8 Å². The van der Waals surface area contributed by atoms with Gasteiger partial charge in [-0.15, -0.1) is 0 Å². The van der Waals surface area contributed by atoms with Crippen LogP contribution in [0.1, 0.15) is 29.8 Å². The molecule has 1 aromatic carbocycles. The second-order valence-electron chi connectivity index (χ2n) is 4.57. The Balaban J connectivity index is 2.00. The summed E-state index contributed by atoms with van der Waals surface area (Å²) in [6.45, 7) is 4.75. The molecule has 1 N–H and O–H groups in total. The zero-order valence-electron chi connectivity index (χ0n) is 10.9. The predicted octanol–water partition coefficient (Wildman–Crippen LogP) is 2.72. The molecule has 0 amide bonds. The van der Waals surface area contributed by atoms with E-state index in [0.717, 1.165) is 17.8 Å². The number of hydrogen-bond acceptors (Lipinski definition) is 2. The third kappa shape index (κ3) is 2.96. The van der Waals surface area contributed by atoms with Gasteiger partial charge in [0.2, 0.25) is 0 Å². The minimum Gasteiger partial charge on any atom is -0.306 e. The average Bonchev–Trinajstić information content (AvgIpc) is 2.65. The topological polar surface area (TPSA) is 29.9 Å². The molecule has 0 fully saturated rings. The molecule has 3 nitrogen and oxygen atoms in total. The Morgan fingerprint density at radius 1 is 1.44 bits per heavy atom. The molecule has 0 saturated carbocycles. The van der Waals surface area contributed by atoms with Crippen molar-refractivity contribution in [2.75, 3.05) is 0 Å². The highest BCUT2D eigenvalue weighted by Crippen LogP contribution is 2.14. The fourth-order valence-electron chi connectivity index (χ4n) is 1.98. The normalized spacial score (nSPS) is 12.7. The van der Waals surface area contributed by atoms with Gasteiger partial charge in [0, 0.05) is 31.4 Å². The summed E-state index contributed by atoms with van der Waals surface area (Å²) in [5.41, 5.74) is 3.15. The Hall–Kier alpha value is -1.68. The molecule has 0 radical (unpaired) electrons. The van der Waals surface area contributed by atoms with Crippen molar-refractivity contribution in [1.82, 2.24) is 15.1 Å². The quantitative estimate of drug-likeness (QED) is 0.900. The Bertz CT molecular complexity index is 534. The molecule has 0 aliphatic carbocycles. The van der Waals surface area contributed by atoms with Gasteiger partial charge in [-0.05, 0) is 31.5 Å². The predicted molar refractivity (Wildman–Crippen MR) is 69.6 cm³/mol. The number of benzene rings is 1. The second-order valence-corrected chi connectivity index (χ2v) is 4.57. The monoisotopic (exact) mass is 247 g/mol. The zero-order chi connectivity index (χ0) is 13.1. The molecular weight excluding hydrogens is 229 g/mol. The van der Waals surface area contributed by atoms with E-state index in [4.69, 9.17) is 0 Å². The van der Waals surface area contributed by atoms with Crippen molar-refractivity contribution in [3.63, 3.8) is 0 Å². The maximum absolute atomic E-state index is 13.1. The van der Waals surface area contributed by atoms with Crippen molar-refractivity contribution in [3.05, 3.63) is 53.1 Å². The highest BCUT2D eigenvalue weighted by Gasteiger charge is 2.08. The largest absolute Gasteiger partial charge is 0.306 e. The van der Waals surface area contributed by atoms with Gasteiger partial charge in [-0.3, -0.25) is 4.68 Å². The molecule has 18 heavy (non-hydrogen) atoms. The summed E-state index contributed by atoms with van der Waals surface area (Å²) in [6, 6.07) is 6.80. The molecule has 0 bridgehead atoms. The van der Waals surface area contributed by atoms with Crippen molar-refractivity contribution >= 4 is 0 Å². The lowest BCUT2D eigenvalue weighted by Crippen LogP contribution is -2.18. The van der Waals surface area contributed by atoms with Crippen molar-refractivity contribution in [1.29, 1.82) is 0 Å². The van der Waals surface area contributed by atoms with Gasteiger partial charge >= 0.3 is 0 Å². The smallest absolute Gasteiger partial charge is 0.123 e. The van der Waals surface area contributed by atoms with Crippen LogP contribution in [0.3, 0.4) is 0 Å². The Labute approximate surface area is 107 Å². The number of rotatable bonds is 4. The van der Waals surface area contributed by atoms with E-state index in [1.807, 2.05) is 33.2 Å². The molecule has 0 saturated heterocycles. The summed E-state index contributed by atoms with van der Waals surface area (Å²) in [6.07, 6.45) is 2.00. The van der Waals surface area contributed by atoms with Crippen LogP contribution >= 0.6 is 0 Å². The summed E-state index contributed by atoms with van der Waals surface area (Å²) < 4.78 is 14.9. The highest BCUT2D eigenvalue weighted by atomic mass is 19.1. The van der Waals surface area contributed by atoms with Gasteiger partial charge in [0.05, 0.1) is 5.69 Å². The maximum atomic E-state index is 13.1. The number of hydrogen-bond donors (Lipinski definition) is 1. The van der Waals surface area contributed by atoms with E-state index in [2.05, 4.69) is 10.4 Å². The highest BCUT2D eigenvalue weighted by molar-refractivity contribution is 5.20. The van der Waals surface area contributed by atoms with E-state index in [1.165, 1.54) is 11.6 Å². The molecule has 2 aromatic rings. The van der Waals surface area contributed by atoms with E-state index >= 15 is 0 Å². The van der Waals surface area contributed by atoms with E-state index in [9.17, 15) is 4.39 Å². The van der Waals surface area contributed by atoms with Crippen molar-refractivity contribution in [3.8, 4) is 0 Å². The summed E-state index contributed by atoms with van der Waals surface area (Å²) in [7, 11) is 1.91. The van der Waals surface area contributed by atoms with Crippen molar-refractivity contribution < 1.29 is 4.39 Å². The van der Waals surface area contributed by atoms with Crippen molar-refractivity contribution in [2.24, 2.45) is 7.05 Å². The molecule has 4 heteroatoms. The van der Waals surface area contributed by atoms with E-state index < -0.39 is 0 Å². The van der Waals surface area contributed by atoms with Gasteiger partial charge < -0.3 is 5.32 Å². The van der Waals surface area contributed by atoms with Gasteiger partial charge in [0.15, 0.2) is 0 Å². The van der Waals surface area contributed by atoms with Gasteiger partial charge in [0.25, 0.3) is 0 Å². The fraction of sp³-hybridized carbons (Fsp3) is 0.357. The first kappa shape index (κ1) is 12.8. The van der Waals surface area contributed by atoms with Crippen LogP contribution in [-0.4, -0.2) is 9.78 Å². The molecule has 0 aliphatic heterocycles. The summed E-state index contributed by atoms with van der Waals surface area (Å²) in [5.74, 6) is -0.196. The van der Waals surface area contributed by atoms with Crippen LogP contribution in [0.15, 0.2) is 30.5 Å². The third-order valence-electron chi connectivity index (χ3n) is 3.06. The number of aromatic nitrogens is 2. The molecule has 0 aliphatic rings. The standard InChI is InChI=1S/C14H18FN3/c1-10(12-5-4-6-14(15)7-12)16-8-13-9-18(3)17-11(13)2/h4-7,9-10,16H,8H2,1-3H3/t10-/m0/s1. The summed E-state index contributed by atoms with van der Waals surface area (Å²) >= 11 is 0. The lowest BCUT2D eigenvalue weighted by Gasteiger charge is -2.13. The molecule has 1 atom stereocenters. The Kier molecular flexibility index (Phi) is 3.77. The molecule has 1 aromatic heterocycles. The van der Waals surface area contributed by atoms with Crippen LogP contribution in [0.25, 0.3) is 0 Å². The molecule has 0 spiro atoms. The van der Waals surface area contributed by atoms with Gasteiger partial charge in [-0.2, -0.15) is 5.10 Å². The number of nitrogens with one attached hydrogen (secondary N) is 1. The van der Waals surface area contributed by atoms with E-state index in [0.29, 0.717) is 0 Å².